The molecule has 1 amide bonds. The minimum Gasteiger partial charge on any atom is -0.497 e. The van der Waals surface area contributed by atoms with Crippen LogP contribution < -0.4 is 10.1 Å². The zero-order chi connectivity index (χ0) is 27.2. The Morgan fingerprint density at radius 3 is 2.05 bits per heavy atom. The number of carbonyl (C=O) groups excluding carboxylic acids is 2. The molecule has 8 nitrogen and oxygen atoms in total. The molecule has 2 aliphatic rings. The summed E-state index contributed by atoms with van der Waals surface area (Å²) >= 11 is 0. The number of aliphatic imine (C=N–C) groups is 1. The predicted molar refractivity (Wildman–Crippen MR) is 149 cm³/mol. The van der Waals surface area contributed by atoms with Crippen LogP contribution in [0.4, 0.5) is 0 Å². The number of ether oxygens (including phenoxy) is 2. The van der Waals surface area contributed by atoms with E-state index in [9.17, 15) is 9.59 Å². The van der Waals surface area contributed by atoms with Gasteiger partial charge in [0.2, 0.25) is 11.9 Å². The number of nitrogens with zero attached hydrogens (tertiary/aromatic N) is 3. The summed E-state index contributed by atoms with van der Waals surface area (Å²) in [5.41, 5.74) is 3.25. The molecule has 0 radical (unpaired) electrons. The van der Waals surface area contributed by atoms with Crippen molar-refractivity contribution >= 4 is 17.8 Å². The third-order valence-corrected chi connectivity index (χ3v) is 7.30. The molecule has 3 aromatic rings. The van der Waals surface area contributed by atoms with Gasteiger partial charge in [0.05, 0.1) is 19.8 Å². The molecule has 39 heavy (non-hydrogen) atoms. The molecule has 3 aromatic carbocycles. The first-order chi connectivity index (χ1) is 19.1. The number of piperazine rings is 1. The molecule has 0 aliphatic carbocycles. The average Bonchev–Trinajstić information content (AvgIpc) is 2.98. The number of hydrogen-bond acceptors (Lipinski definition) is 7. The lowest BCUT2D eigenvalue weighted by Gasteiger charge is -2.42. The van der Waals surface area contributed by atoms with Crippen LogP contribution in [0.1, 0.15) is 35.7 Å². The zero-order valence-corrected chi connectivity index (χ0v) is 22.3. The van der Waals surface area contributed by atoms with Crippen LogP contribution in [0, 0.1) is 5.92 Å². The summed E-state index contributed by atoms with van der Waals surface area (Å²) in [4.78, 5) is 35.5. The van der Waals surface area contributed by atoms with Crippen molar-refractivity contribution in [2.45, 2.75) is 19.0 Å². The fraction of sp³-hybridized carbons (Fsp3) is 0.323. The Kier molecular flexibility index (Phi) is 8.22. The second-order valence-electron chi connectivity index (χ2n) is 9.64. The maximum atomic E-state index is 13.3. The topological polar surface area (TPSA) is 83.5 Å². The number of rotatable bonds is 7. The third-order valence-electron chi connectivity index (χ3n) is 7.30. The number of hydrogen-bond donors (Lipinski definition) is 1. The Balaban J connectivity index is 1.38. The first-order valence-electron chi connectivity index (χ1n) is 13.4. The number of nitrogens with one attached hydrogen (secondary N) is 1. The van der Waals surface area contributed by atoms with Gasteiger partial charge < -0.3 is 14.4 Å². The summed E-state index contributed by atoms with van der Waals surface area (Å²) in [5, 5.41) is 2.90. The van der Waals surface area contributed by atoms with E-state index in [1.165, 1.54) is 11.1 Å². The Bertz CT molecular complexity index is 1250. The Morgan fingerprint density at radius 2 is 1.51 bits per heavy atom. The van der Waals surface area contributed by atoms with Gasteiger partial charge in [-0.1, -0.05) is 72.8 Å². The lowest BCUT2D eigenvalue weighted by Crippen LogP contribution is -2.57. The van der Waals surface area contributed by atoms with E-state index in [1.54, 1.807) is 14.0 Å². The van der Waals surface area contributed by atoms with Gasteiger partial charge in [0.1, 0.15) is 11.8 Å². The fourth-order valence-electron chi connectivity index (χ4n) is 5.34. The minimum absolute atomic E-state index is 0.137. The van der Waals surface area contributed by atoms with Gasteiger partial charge in [-0.15, -0.1) is 0 Å². The van der Waals surface area contributed by atoms with E-state index in [4.69, 9.17) is 14.5 Å². The SMILES string of the molecule is CCOC(=O)C1C(=O)NC(N2CCN(C(c3ccccc3)c3ccccc3)CC2)=NC1c1ccc(OC)cc1. The fourth-order valence-corrected chi connectivity index (χ4v) is 5.34. The Morgan fingerprint density at radius 1 is 0.923 bits per heavy atom. The number of methoxy groups -OCH3 is 1. The van der Waals surface area contributed by atoms with E-state index in [-0.39, 0.29) is 12.6 Å². The van der Waals surface area contributed by atoms with E-state index in [0.29, 0.717) is 24.8 Å². The first-order valence-corrected chi connectivity index (χ1v) is 13.4. The van der Waals surface area contributed by atoms with Crippen molar-refractivity contribution in [2.24, 2.45) is 10.9 Å². The number of amides is 1. The number of guanidine groups is 1. The standard InChI is InChI=1S/C31H34N4O4/c1-3-39-30(37)26-27(22-14-16-25(38-2)17-15-22)32-31(33-29(26)36)35-20-18-34(19-21-35)28(23-10-6-4-7-11-23)24-12-8-5-9-13-24/h4-17,26-28H,3,18-21H2,1-2H3,(H,32,33,36). The second kappa shape index (κ2) is 12.1. The summed E-state index contributed by atoms with van der Waals surface area (Å²) in [6, 6.07) is 27.8. The molecule has 2 atom stereocenters. The van der Waals surface area contributed by atoms with Gasteiger partial charge in [-0.2, -0.15) is 0 Å². The average molecular weight is 527 g/mol. The van der Waals surface area contributed by atoms with E-state index < -0.39 is 23.8 Å². The summed E-state index contributed by atoms with van der Waals surface area (Å²) in [5.74, 6) is -0.829. The van der Waals surface area contributed by atoms with Gasteiger partial charge in [-0.05, 0) is 35.7 Å². The van der Waals surface area contributed by atoms with Crippen molar-refractivity contribution < 1.29 is 19.1 Å². The molecule has 0 spiro atoms. The molecule has 0 saturated carbocycles. The maximum Gasteiger partial charge on any atom is 0.321 e. The molecule has 202 valence electrons. The largest absolute Gasteiger partial charge is 0.497 e. The smallest absolute Gasteiger partial charge is 0.321 e. The van der Waals surface area contributed by atoms with Gasteiger partial charge in [0, 0.05) is 26.2 Å². The molecule has 0 aromatic heterocycles. The van der Waals surface area contributed by atoms with E-state index >= 15 is 0 Å². The molecule has 1 saturated heterocycles. The number of esters is 1. The quantitative estimate of drug-likeness (QED) is 0.373. The van der Waals surface area contributed by atoms with Crippen molar-refractivity contribution in [2.75, 3.05) is 39.9 Å². The summed E-state index contributed by atoms with van der Waals surface area (Å²) in [6.07, 6.45) is 0. The van der Waals surface area contributed by atoms with E-state index in [1.807, 2.05) is 36.4 Å². The summed E-state index contributed by atoms with van der Waals surface area (Å²) in [7, 11) is 1.60. The van der Waals surface area contributed by atoms with Gasteiger partial charge in [-0.3, -0.25) is 19.8 Å². The van der Waals surface area contributed by atoms with Crippen molar-refractivity contribution in [3.8, 4) is 5.75 Å². The molecule has 8 heteroatoms. The summed E-state index contributed by atoms with van der Waals surface area (Å²) in [6.45, 7) is 4.88. The lowest BCUT2D eigenvalue weighted by atomic mass is 9.91. The highest BCUT2D eigenvalue weighted by Crippen LogP contribution is 2.33. The van der Waals surface area contributed by atoms with Crippen LogP contribution in [0.3, 0.4) is 0 Å². The molecular weight excluding hydrogens is 492 g/mol. The van der Waals surface area contributed by atoms with Crippen LogP contribution in [0.25, 0.3) is 0 Å². The van der Waals surface area contributed by atoms with E-state index in [2.05, 4.69) is 63.6 Å². The Hall–Kier alpha value is -4.17. The van der Waals surface area contributed by atoms with Gasteiger partial charge in [-0.25, -0.2) is 4.99 Å². The predicted octanol–water partition coefficient (Wildman–Crippen LogP) is 3.81. The first kappa shape index (κ1) is 26.4. The van der Waals surface area contributed by atoms with Gasteiger partial charge >= 0.3 is 5.97 Å². The maximum absolute atomic E-state index is 13.3. The molecule has 2 heterocycles. The van der Waals surface area contributed by atoms with Crippen molar-refractivity contribution in [1.29, 1.82) is 0 Å². The van der Waals surface area contributed by atoms with Crippen molar-refractivity contribution in [3.05, 3.63) is 102 Å². The molecule has 5 rings (SSSR count). The van der Waals surface area contributed by atoms with Gasteiger partial charge in [0.15, 0.2) is 5.92 Å². The highest BCUT2D eigenvalue weighted by molar-refractivity contribution is 6.08. The van der Waals surface area contributed by atoms with Crippen LogP contribution in [0.15, 0.2) is 89.9 Å². The normalized spacial score (nSPS) is 19.8. The van der Waals surface area contributed by atoms with Crippen LogP contribution >= 0.6 is 0 Å². The second-order valence-corrected chi connectivity index (χ2v) is 9.64. The molecule has 2 unspecified atom stereocenters. The minimum atomic E-state index is -1.05. The highest BCUT2D eigenvalue weighted by atomic mass is 16.5. The highest BCUT2D eigenvalue weighted by Gasteiger charge is 2.42. The van der Waals surface area contributed by atoms with Crippen LogP contribution in [-0.2, 0) is 14.3 Å². The zero-order valence-electron chi connectivity index (χ0n) is 22.3. The molecular formula is C31H34N4O4. The lowest BCUT2D eigenvalue weighted by molar-refractivity contribution is -0.153. The Labute approximate surface area is 229 Å². The van der Waals surface area contributed by atoms with Crippen molar-refractivity contribution in [3.63, 3.8) is 0 Å². The molecule has 0 bridgehead atoms. The van der Waals surface area contributed by atoms with Crippen LogP contribution in [0.2, 0.25) is 0 Å². The monoisotopic (exact) mass is 526 g/mol. The van der Waals surface area contributed by atoms with Crippen LogP contribution in [0.5, 0.6) is 5.75 Å². The van der Waals surface area contributed by atoms with Gasteiger partial charge in [0.25, 0.3) is 0 Å². The number of carbonyl (C=O) groups is 2. The van der Waals surface area contributed by atoms with E-state index in [0.717, 1.165) is 18.7 Å². The molecule has 1 fully saturated rings. The summed E-state index contributed by atoms with van der Waals surface area (Å²) < 4.78 is 10.5. The number of benzene rings is 3. The van der Waals surface area contributed by atoms with Crippen molar-refractivity contribution in [1.82, 2.24) is 15.1 Å². The molecule has 2 aliphatic heterocycles. The van der Waals surface area contributed by atoms with Crippen LogP contribution in [-0.4, -0.2) is 67.5 Å². The molecule has 1 N–H and O–H groups in total. The third kappa shape index (κ3) is 5.81.